The average molecular weight is 281 g/mol. The third kappa shape index (κ3) is 5.84. The number of hydrogen-bond acceptors (Lipinski definition) is 2. The van der Waals surface area contributed by atoms with E-state index in [0.29, 0.717) is 5.92 Å². The van der Waals surface area contributed by atoms with Gasteiger partial charge in [0.2, 0.25) is 0 Å². The minimum absolute atomic E-state index is 0.279. The van der Waals surface area contributed by atoms with Gasteiger partial charge in [0.15, 0.2) is 6.16 Å². The highest BCUT2D eigenvalue weighted by molar-refractivity contribution is 7.44. The molecule has 0 fully saturated rings. The first kappa shape index (κ1) is 16.3. The highest BCUT2D eigenvalue weighted by Gasteiger charge is 2.34. The molecule has 3 heteroatoms. The molecule has 0 saturated heterocycles. The number of ether oxygens (including phenoxy) is 1. The number of hydrogen-bond donors (Lipinski definition) is 0. The van der Waals surface area contributed by atoms with Crippen LogP contribution in [0.5, 0.6) is 0 Å². The summed E-state index contributed by atoms with van der Waals surface area (Å²) < 4.78 is 17.9. The molecule has 0 aromatic heterocycles. The Labute approximate surface area is 118 Å². The van der Waals surface area contributed by atoms with Crippen LogP contribution in [0.3, 0.4) is 0 Å². The van der Waals surface area contributed by atoms with Gasteiger partial charge in [-0.25, -0.2) is 0 Å². The SMILES string of the molecule is COC(c1ccccc1)[P+](=O)CC(C)CC(C)(C)C. The molecule has 0 aliphatic carbocycles. The largest absolute Gasteiger partial charge is 0.375 e. The molecule has 0 N–H and O–H groups in total. The smallest absolute Gasteiger partial charge is 0.335 e. The van der Waals surface area contributed by atoms with Gasteiger partial charge in [0.05, 0.1) is 0 Å². The molecule has 0 aliphatic heterocycles. The highest BCUT2D eigenvalue weighted by Crippen LogP contribution is 2.44. The van der Waals surface area contributed by atoms with E-state index in [1.165, 1.54) is 0 Å². The van der Waals surface area contributed by atoms with Gasteiger partial charge in [0, 0.05) is 18.6 Å². The maximum Gasteiger partial charge on any atom is 0.375 e. The molecule has 3 unspecified atom stereocenters. The van der Waals surface area contributed by atoms with Crippen molar-refractivity contribution in [2.24, 2.45) is 11.3 Å². The van der Waals surface area contributed by atoms with E-state index in [2.05, 4.69) is 27.7 Å². The minimum Gasteiger partial charge on any atom is -0.335 e. The highest BCUT2D eigenvalue weighted by atomic mass is 31.1. The second kappa shape index (κ2) is 7.17. The molecular formula is C16H26O2P+. The summed E-state index contributed by atoms with van der Waals surface area (Å²) in [6, 6.07) is 9.85. The Morgan fingerprint density at radius 1 is 1.21 bits per heavy atom. The lowest BCUT2D eigenvalue weighted by Gasteiger charge is -2.21. The third-order valence-corrected chi connectivity index (χ3v) is 5.04. The predicted molar refractivity (Wildman–Crippen MR) is 81.9 cm³/mol. The maximum atomic E-state index is 12.5. The van der Waals surface area contributed by atoms with Crippen LogP contribution in [-0.2, 0) is 9.30 Å². The topological polar surface area (TPSA) is 26.3 Å². The number of benzene rings is 1. The van der Waals surface area contributed by atoms with Crippen LogP contribution >= 0.6 is 7.80 Å². The van der Waals surface area contributed by atoms with E-state index in [-0.39, 0.29) is 11.3 Å². The predicted octanol–water partition coefficient (Wildman–Crippen LogP) is 5.23. The van der Waals surface area contributed by atoms with Crippen molar-refractivity contribution in [3.05, 3.63) is 35.9 Å². The molecule has 0 saturated carbocycles. The molecule has 106 valence electrons. The van der Waals surface area contributed by atoms with E-state index in [1.807, 2.05) is 30.3 Å². The van der Waals surface area contributed by atoms with Crippen LogP contribution < -0.4 is 0 Å². The Morgan fingerprint density at radius 3 is 2.26 bits per heavy atom. The van der Waals surface area contributed by atoms with Gasteiger partial charge < -0.3 is 4.74 Å². The van der Waals surface area contributed by atoms with Crippen LogP contribution in [0.25, 0.3) is 0 Å². The van der Waals surface area contributed by atoms with Crippen molar-refractivity contribution in [1.82, 2.24) is 0 Å². The van der Waals surface area contributed by atoms with Crippen molar-refractivity contribution in [2.45, 2.75) is 40.0 Å². The second-order valence-electron chi connectivity index (χ2n) is 6.47. The summed E-state index contributed by atoms with van der Waals surface area (Å²) in [5, 5.41) is 0. The lowest BCUT2D eigenvalue weighted by Crippen LogP contribution is -2.13. The van der Waals surface area contributed by atoms with Gasteiger partial charge in [-0.2, -0.15) is 0 Å². The lowest BCUT2D eigenvalue weighted by atomic mass is 9.86. The van der Waals surface area contributed by atoms with Crippen molar-refractivity contribution in [3.8, 4) is 0 Å². The summed E-state index contributed by atoms with van der Waals surface area (Å²) in [4.78, 5) is 0. The summed E-state index contributed by atoms with van der Waals surface area (Å²) in [7, 11) is 0.253. The van der Waals surface area contributed by atoms with Gasteiger partial charge in [0.25, 0.3) is 5.85 Å². The van der Waals surface area contributed by atoms with E-state index in [9.17, 15) is 4.57 Å². The van der Waals surface area contributed by atoms with E-state index in [0.717, 1.165) is 18.1 Å². The zero-order valence-electron chi connectivity index (χ0n) is 12.7. The van der Waals surface area contributed by atoms with Crippen molar-refractivity contribution >= 4 is 7.80 Å². The van der Waals surface area contributed by atoms with E-state index >= 15 is 0 Å². The normalized spacial score (nSPS) is 15.9. The average Bonchev–Trinajstić information content (AvgIpc) is 2.28. The van der Waals surface area contributed by atoms with Crippen LogP contribution in [-0.4, -0.2) is 13.3 Å². The molecule has 19 heavy (non-hydrogen) atoms. The van der Waals surface area contributed by atoms with E-state index in [1.54, 1.807) is 7.11 Å². The van der Waals surface area contributed by atoms with Crippen molar-refractivity contribution in [1.29, 1.82) is 0 Å². The molecule has 3 atom stereocenters. The first-order valence-electron chi connectivity index (χ1n) is 6.85. The first-order valence-corrected chi connectivity index (χ1v) is 8.36. The van der Waals surface area contributed by atoms with E-state index < -0.39 is 7.80 Å². The molecular weight excluding hydrogens is 255 g/mol. The molecule has 0 spiro atoms. The van der Waals surface area contributed by atoms with Crippen molar-refractivity contribution in [2.75, 3.05) is 13.3 Å². The molecule has 1 rings (SSSR count). The fourth-order valence-electron chi connectivity index (χ4n) is 2.55. The zero-order valence-corrected chi connectivity index (χ0v) is 13.6. The van der Waals surface area contributed by atoms with Gasteiger partial charge >= 0.3 is 7.80 Å². The molecule has 0 amide bonds. The number of rotatable bonds is 6. The van der Waals surface area contributed by atoms with Crippen LogP contribution in [0.15, 0.2) is 30.3 Å². The Morgan fingerprint density at radius 2 is 1.79 bits per heavy atom. The van der Waals surface area contributed by atoms with Crippen LogP contribution in [0, 0.1) is 11.3 Å². The molecule has 0 aliphatic rings. The van der Waals surface area contributed by atoms with Crippen LogP contribution in [0.4, 0.5) is 0 Å². The van der Waals surface area contributed by atoms with Gasteiger partial charge in [-0.15, -0.1) is 0 Å². The van der Waals surface area contributed by atoms with Gasteiger partial charge in [-0.3, -0.25) is 0 Å². The Kier molecular flexibility index (Phi) is 6.16. The van der Waals surface area contributed by atoms with Crippen LogP contribution in [0.1, 0.15) is 45.5 Å². The molecule has 1 aromatic carbocycles. The first-order chi connectivity index (χ1) is 8.83. The van der Waals surface area contributed by atoms with E-state index in [4.69, 9.17) is 4.74 Å². The second-order valence-corrected chi connectivity index (χ2v) is 8.14. The molecule has 0 heterocycles. The fourth-order valence-corrected chi connectivity index (χ4v) is 4.23. The molecule has 1 aromatic rings. The monoisotopic (exact) mass is 281 g/mol. The van der Waals surface area contributed by atoms with Crippen molar-refractivity contribution < 1.29 is 9.30 Å². The zero-order chi connectivity index (χ0) is 14.5. The molecule has 0 radical (unpaired) electrons. The number of methoxy groups -OCH3 is 1. The summed E-state index contributed by atoms with van der Waals surface area (Å²) in [5.41, 5.74) is 1.29. The Balaban J connectivity index is 2.65. The van der Waals surface area contributed by atoms with Crippen LogP contribution in [0.2, 0.25) is 0 Å². The fraction of sp³-hybridized carbons (Fsp3) is 0.625. The summed E-state index contributed by atoms with van der Waals surface area (Å²) in [6.45, 7) is 8.85. The van der Waals surface area contributed by atoms with Crippen molar-refractivity contribution in [3.63, 3.8) is 0 Å². The Bertz CT molecular complexity index is 395. The lowest BCUT2D eigenvalue weighted by molar-refractivity contribution is 0.166. The third-order valence-electron chi connectivity index (χ3n) is 3.02. The van der Waals surface area contributed by atoms with Gasteiger partial charge in [-0.1, -0.05) is 62.6 Å². The summed E-state index contributed by atoms with van der Waals surface area (Å²) >= 11 is 0. The molecule has 2 nitrogen and oxygen atoms in total. The minimum atomic E-state index is -1.38. The quantitative estimate of drug-likeness (QED) is 0.667. The van der Waals surface area contributed by atoms with Gasteiger partial charge in [-0.05, 0) is 11.8 Å². The Hall–Kier alpha value is -0.720. The molecule has 0 bridgehead atoms. The maximum absolute atomic E-state index is 12.5. The van der Waals surface area contributed by atoms with Gasteiger partial charge in [0.1, 0.15) is 0 Å². The summed E-state index contributed by atoms with van der Waals surface area (Å²) in [5.74, 6) is 0.170. The summed E-state index contributed by atoms with van der Waals surface area (Å²) in [6.07, 6.45) is 1.80. The standard InChI is InChI=1S/C16H26O2P/c1-13(11-16(2,3)4)12-19(17)15(18-5)14-9-7-6-8-10-14/h6-10,13,15H,11-12H2,1-5H3/q+1.